The van der Waals surface area contributed by atoms with Gasteiger partial charge in [-0.05, 0) is 31.7 Å². The molecule has 2 saturated heterocycles. The van der Waals surface area contributed by atoms with Gasteiger partial charge in [0.2, 0.25) is 5.91 Å². The lowest BCUT2D eigenvalue weighted by Crippen LogP contribution is -2.52. The Morgan fingerprint density at radius 2 is 2.25 bits per heavy atom. The fourth-order valence-corrected chi connectivity index (χ4v) is 2.87. The molecule has 3 fully saturated rings. The van der Waals surface area contributed by atoms with Crippen molar-refractivity contribution in [2.75, 3.05) is 32.8 Å². The number of rotatable bonds is 2. The van der Waals surface area contributed by atoms with Crippen molar-refractivity contribution in [3.05, 3.63) is 0 Å². The SMILES string of the molecule is O=C1COC[C@H]2CNCC[C@@H]2N1CC1CC1. The summed E-state index contributed by atoms with van der Waals surface area (Å²) in [5, 5.41) is 3.40. The topological polar surface area (TPSA) is 41.6 Å². The van der Waals surface area contributed by atoms with E-state index >= 15 is 0 Å². The largest absolute Gasteiger partial charge is 0.371 e. The Hall–Kier alpha value is -0.610. The maximum Gasteiger partial charge on any atom is 0.248 e. The molecule has 16 heavy (non-hydrogen) atoms. The van der Waals surface area contributed by atoms with E-state index in [0.29, 0.717) is 18.6 Å². The van der Waals surface area contributed by atoms with E-state index in [1.54, 1.807) is 0 Å². The third-order valence-corrected chi connectivity index (χ3v) is 4.00. The summed E-state index contributed by atoms with van der Waals surface area (Å²) in [5.74, 6) is 1.48. The van der Waals surface area contributed by atoms with Crippen LogP contribution >= 0.6 is 0 Å². The average Bonchev–Trinajstić information content (AvgIpc) is 3.10. The Kier molecular flexibility index (Phi) is 2.86. The monoisotopic (exact) mass is 224 g/mol. The van der Waals surface area contributed by atoms with Gasteiger partial charge in [0.25, 0.3) is 0 Å². The van der Waals surface area contributed by atoms with Crippen molar-refractivity contribution in [3.8, 4) is 0 Å². The standard InChI is InChI=1S/C12H20N2O2/c15-12-8-16-7-10-5-13-4-3-11(10)14(12)6-9-1-2-9/h9-11,13H,1-8H2/t10-,11+/m1/s1. The van der Waals surface area contributed by atoms with Gasteiger partial charge in [0, 0.05) is 25.0 Å². The normalized spacial score (nSPS) is 35.8. The minimum Gasteiger partial charge on any atom is -0.371 e. The molecular weight excluding hydrogens is 204 g/mol. The molecule has 1 saturated carbocycles. The van der Waals surface area contributed by atoms with E-state index in [0.717, 1.165) is 38.6 Å². The Bertz CT molecular complexity index is 278. The van der Waals surface area contributed by atoms with E-state index in [1.807, 2.05) is 0 Å². The van der Waals surface area contributed by atoms with Crippen molar-refractivity contribution in [1.82, 2.24) is 10.2 Å². The van der Waals surface area contributed by atoms with Crippen molar-refractivity contribution in [3.63, 3.8) is 0 Å². The molecule has 0 radical (unpaired) electrons. The number of nitrogens with one attached hydrogen (secondary N) is 1. The Morgan fingerprint density at radius 3 is 3.06 bits per heavy atom. The summed E-state index contributed by atoms with van der Waals surface area (Å²) in [7, 11) is 0. The van der Waals surface area contributed by atoms with Crippen LogP contribution in [0.5, 0.6) is 0 Å². The Balaban J connectivity index is 1.74. The van der Waals surface area contributed by atoms with Crippen LogP contribution in [0.15, 0.2) is 0 Å². The average molecular weight is 224 g/mol. The van der Waals surface area contributed by atoms with E-state index in [9.17, 15) is 4.79 Å². The fourth-order valence-electron chi connectivity index (χ4n) is 2.87. The first-order chi connectivity index (χ1) is 7.84. The molecule has 4 heteroatoms. The van der Waals surface area contributed by atoms with Crippen molar-refractivity contribution in [2.24, 2.45) is 11.8 Å². The molecule has 2 atom stereocenters. The first kappa shape index (κ1) is 10.5. The molecule has 1 amide bonds. The van der Waals surface area contributed by atoms with Gasteiger partial charge in [0.1, 0.15) is 6.61 Å². The Labute approximate surface area is 96.3 Å². The second-order valence-electron chi connectivity index (χ2n) is 5.32. The molecule has 4 nitrogen and oxygen atoms in total. The van der Waals surface area contributed by atoms with Crippen LogP contribution in [0.3, 0.4) is 0 Å². The van der Waals surface area contributed by atoms with Gasteiger partial charge in [-0.2, -0.15) is 0 Å². The van der Waals surface area contributed by atoms with Gasteiger partial charge in [0.05, 0.1) is 6.61 Å². The van der Waals surface area contributed by atoms with Gasteiger partial charge in [-0.3, -0.25) is 4.79 Å². The van der Waals surface area contributed by atoms with Crippen LogP contribution in [0.2, 0.25) is 0 Å². The molecule has 3 aliphatic rings. The van der Waals surface area contributed by atoms with E-state index in [4.69, 9.17) is 4.74 Å². The van der Waals surface area contributed by atoms with Crippen LogP contribution in [-0.4, -0.2) is 49.7 Å². The van der Waals surface area contributed by atoms with Crippen LogP contribution in [0, 0.1) is 11.8 Å². The molecule has 1 aliphatic carbocycles. The number of piperidine rings is 1. The molecule has 0 aromatic rings. The van der Waals surface area contributed by atoms with Crippen molar-refractivity contribution < 1.29 is 9.53 Å². The third kappa shape index (κ3) is 2.09. The number of carbonyl (C=O) groups is 1. The molecule has 0 bridgehead atoms. The Morgan fingerprint density at radius 1 is 1.38 bits per heavy atom. The fraction of sp³-hybridized carbons (Fsp3) is 0.917. The van der Waals surface area contributed by atoms with Crippen LogP contribution < -0.4 is 5.32 Å². The smallest absolute Gasteiger partial charge is 0.248 e. The molecular formula is C12H20N2O2. The van der Waals surface area contributed by atoms with Gasteiger partial charge < -0.3 is 15.0 Å². The summed E-state index contributed by atoms with van der Waals surface area (Å²) < 4.78 is 5.48. The second kappa shape index (κ2) is 4.34. The van der Waals surface area contributed by atoms with E-state index < -0.39 is 0 Å². The summed E-state index contributed by atoms with van der Waals surface area (Å²) >= 11 is 0. The minimum atomic E-state index is 0.210. The highest BCUT2D eigenvalue weighted by Crippen LogP contribution is 2.32. The first-order valence-corrected chi connectivity index (χ1v) is 6.42. The quantitative estimate of drug-likeness (QED) is 0.730. The van der Waals surface area contributed by atoms with Crippen LogP contribution in [0.1, 0.15) is 19.3 Å². The highest BCUT2D eigenvalue weighted by Gasteiger charge is 2.38. The molecule has 90 valence electrons. The molecule has 1 N–H and O–H groups in total. The summed E-state index contributed by atoms with van der Waals surface area (Å²) in [4.78, 5) is 14.1. The number of hydrogen-bond donors (Lipinski definition) is 1. The van der Waals surface area contributed by atoms with Gasteiger partial charge in [-0.15, -0.1) is 0 Å². The number of nitrogens with zero attached hydrogens (tertiary/aromatic N) is 1. The van der Waals surface area contributed by atoms with E-state index in [-0.39, 0.29) is 5.91 Å². The van der Waals surface area contributed by atoms with Gasteiger partial charge in [-0.1, -0.05) is 0 Å². The zero-order valence-corrected chi connectivity index (χ0v) is 9.65. The highest BCUT2D eigenvalue weighted by molar-refractivity contribution is 5.78. The summed E-state index contributed by atoms with van der Waals surface area (Å²) in [6, 6.07) is 0.428. The van der Waals surface area contributed by atoms with Gasteiger partial charge in [-0.25, -0.2) is 0 Å². The molecule has 0 unspecified atom stereocenters. The summed E-state index contributed by atoms with van der Waals surface area (Å²) in [6.07, 6.45) is 3.70. The van der Waals surface area contributed by atoms with Crippen LogP contribution in [0.25, 0.3) is 0 Å². The predicted octanol–water partition coefficient (Wildman–Crippen LogP) is 0.233. The molecule has 0 aromatic carbocycles. The van der Waals surface area contributed by atoms with E-state index in [1.165, 1.54) is 12.8 Å². The minimum absolute atomic E-state index is 0.210. The predicted molar refractivity (Wildman–Crippen MR) is 60.0 cm³/mol. The highest BCUT2D eigenvalue weighted by atomic mass is 16.5. The molecule has 2 heterocycles. The maximum absolute atomic E-state index is 12.0. The third-order valence-electron chi connectivity index (χ3n) is 4.00. The lowest BCUT2D eigenvalue weighted by atomic mass is 9.92. The van der Waals surface area contributed by atoms with Crippen molar-refractivity contribution >= 4 is 5.91 Å². The summed E-state index contributed by atoms with van der Waals surface area (Å²) in [6.45, 7) is 4.04. The van der Waals surface area contributed by atoms with Crippen LogP contribution in [0.4, 0.5) is 0 Å². The number of ether oxygens (including phenoxy) is 1. The molecule has 0 spiro atoms. The maximum atomic E-state index is 12.0. The number of fused-ring (bicyclic) bond motifs is 1. The van der Waals surface area contributed by atoms with Gasteiger partial charge in [0.15, 0.2) is 0 Å². The first-order valence-electron chi connectivity index (χ1n) is 6.42. The summed E-state index contributed by atoms with van der Waals surface area (Å²) in [5.41, 5.74) is 0. The number of amides is 1. The number of carbonyl (C=O) groups excluding carboxylic acids is 1. The molecule has 3 rings (SSSR count). The lowest BCUT2D eigenvalue weighted by Gasteiger charge is -2.38. The zero-order chi connectivity index (χ0) is 11.0. The van der Waals surface area contributed by atoms with Crippen LogP contribution in [-0.2, 0) is 9.53 Å². The number of hydrogen-bond acceptors (Lipinski definition) is 3. The van der Waals surface area contributed by atoms with Gasteiger partial charge >= 0.3 is 0 Å². The molecule has 2 aliphatic heterocycles. The van der Waals surface area contributed by atoms with E-state index in [2.05, 4.69) is 10.2 Å². The molecule has 0 aromatic heterocycles. The zero-order valence-electron chi connectivity index (χ0n) is 9.65. The second-order valence-corrected chi connectivity index (χ2v) is 5.32. The van der Waals surface area contributed by atoms with Crippen molar-refractivity contribution in [2.45, 2.75) is 25.3 Å². The van der Waals surface area contributed by atoms with Crippen molar-refractivity contribution in [1.29, 1.82) is 0 Å². The lowest BCUT2D eigenvalue weighted by molar-refractivity contribution is -0.136.